The summed E-state index contributed by atoms with van der Waals surface area (Å²) in [4.78, 5) is 5.73. The van der Waals surface area contributed by atoms with Gasteiger partial charge in [-0.1, -0.05) is 12.1 Å². The van der Waals surface area contributed by atoms with Crippen LogP contribution in [-0.4, -0.2) is 23.7 Å². The number of likely N-dealkylation sites (N-methyl/N-ethyl adjacent to an activating group) is 1. The average Bonchev–Trinajstić information content (AvgIpc) is 2.77. The first kappa shape index (κ1) is 12.1. The highest BCUT2D eigenvalue weighted by Gasteiger charge is 2.03. The minimum absolute atomic E-state index is 0.308. The number of aromatic nitrogens is 1. The van der Waals surface area contributed by atoms with Crippen LogP contribution in [0.3, 0.4) is 0 Å². The van der Waals surface area contributed by atoms with Gasteiger partial charge in [0.2, 0.25) is 0 Å². The Bertz CT molecular complexity index is 465. The molecule has 0 saturated heterocycles. The molecule has 17 heavy (non-hydrogen) atoms. The molecule has 0 amide bonds. The fraction of sp³-hybridized carbons (Fsp3) is 0.308. The molecule has 1 heterocycles. The average molecular weight is 248 g/mol. The quantitative estimate of drug-likeness (QED) is 0.852. The van der Waals surface area contributed by atoms with Crippen LogP contribution in [0.4, 0.5) is 0 Å². The first-order valence-corrected chi connectivity index (χ1v) is 6.45. The summed E-state index contributed by atoms with van der Waals surface area (Å²) < 4.78 is 0. The largest absolute Gasteiger partial charge is 0.508 e. The van der Waals surface area contributed by atoms with Gasteiger partial charge >= 0.3 is 0 Å². The van der Waals surface area contributed by atoms with Crippen LogP contribution in [0.25, 0.3) is 0 Å². The van der Waals surface area contributed by atoms with Gasteiger partial charge in [0.1, 0.15) is 5.75 Å². The van der Waals surface area contributed by atoms with Crippen LogP contribution < -0.4 is 5.32 Å². The Morgan fingerprint density at radius 1 is 1.29 bits per heavy atom. The van der Waals surface area contributed by atoms with Gasteiger partial charge in [0.25, 0.3) is 0 Å². The molecule has 3 nitrogen and oxygen atoms in total. The summed E-state index contributed by atoms with van der Waals surface area (Å²) in [6, 6.07) is 7.30. The molecule has 0 radical (unpaired) electrons. The van der Waals surface area contributed by atoms with Crippen LogP contribution in [0.1, 0.15) is 15.4 Å². The molecule has 0 fully saturated rings. The third-order valence-corrected chi connectivity index (χ3v) is 3.57. The number of aromatic hydroxyl groups is 1. The monoisotopic (exact) mass is 248 g/mol. The number of rotatable bonds is 5. The van der Waals surface area contributed by atoms with Gasteiger partial charge in [0.05, 0.1) is 5.01 Å². The zero-order chi connectivity index (χ0) is 12.1. The summed E-state index contributed by atoms with van der Waals surface area (Å²) in [5.41, 5.74) is 1.18. The van der Waals surface area contributed by atoms with Gasteiger partial charge < -0.3 is 10.4 Å². The number of phenolic OH excluding ortho intramolecular Hbond substituents is 1. The van der Waals surface area contributed by atoms with Gasteiger partial charge in [-0.2, -0.15) is 0 Å². The molecule has 1 aromatic heterocycles. The van der Waals surface area contributed by atoms with Crippen LogP contribution in [0.5, 0.6) is 5.75 Å². The summed E-state index contributed by atoms with van der Waals surface area (Å²) in [5, 5.41) is 13.5. The molecule has 4 heteroatoms. The summed E-state index contributed by atoms with van der Waals surface area (Å²) in [6.45, 7) is 0.987. The molecule has 0 atom stereocenters. The molecular weight excluding hydrogens is 232 g/mol. The second-order valence-corrected chi connectivity index (χ2v) is 5.12. The highest BCUT2D eigenvalue weighted by molar-refractivity contribution is 7.11. The summed E-state index contributed by atoms with van der Waals surface area (Å²) in [5.74, 6) is 0.308. The highest BCUT2D eigenvalue weighted by atomic mass is 32.1. The molecule has 2 aromatic rings. The Labute approximate surface area is 105 Å². The van der Waals surface area contributed by atoms with E-state index in [1.54, 1.807) is 23.5 Å². The SMILES string of the molecule is CNCCc1cnc(Cc2ccc(O)cc2)s1. The predicted octanol–water partition coefficient (Wildman–Crippen LogP) is 2.20. The Morgan fingerprint density at radius 2 is 2.06 bits per heavy atom. The number of benzene rings is 1. The van der Waals surface area contributed by atoms with Crippen molar-refractivity contribution in [1.82, 2.24) is 10.3 Å². The lowest BCUT2D eigenvalue weighted by molar-refractivity contribution is 0.475. The molecule has 2 N–H and O–H groups in total. The number of hydrogen-bond donors (Lipinski definition) is 2. The van der Waals surface area contributed by atoms with E-state index >= 15 is 0 Å². The fourth-order valence-corrected chi connectivity index (χ4v) is 2.54. The highest BCUT2D eigenvalue weighted by Crippen LogP contribution is 2.18. The zero-order valence-electron chi connectivity index (χ0n) is 9.81. The summed E-state index contributed by atoms with van der Waals surface area (Å²) >= 11 is 1.76. The van der Waals surface area contributed by atoms with Gasteiger partial charge in [0.15, 0.2) is 0 Å². The minimum atomic E-state index is 0.308. The third-order valence-electron chi connectivity index (χ3n) is 2.51. The second kappa shape index (κ2) is 5.80. The molecule has 0 aliphatic carbocycles. The van der Waals surface area contributed by atoms with Crippen LogP contribution in [0.2, 0.25) is 0 Å². The van der Waals surface area contributed by atoms with Crippen molar-refractivity contribution in [3.63, 3.8) is 0 Å². The molecule has 2 rings (SSSR count). The first-order valence-electron chi connectivity index (χ1n) is 5.64. The molecular formula is C13H16N2OS. The van der Waals surface area contributed by atoms with Crippen molar-refractivity contribution in [3.05, 3.63) is 45.9 Å². The standard InChI is InChI=1S/C13H16N2OS/c1-14-7-6-12-9-15-13(17-12)8-10-2-4-11(16)5-3-10/h2-5,9,14,16H,6-8H2,1H3. The van der Waals surface area contributed by atoms with Gasteiger partial charge in [-0.3, -0.25) is 0 Å². The maximum atomic E-state index is 9.20. The van der Waals surface area contributed by atoms with Crippen molar-refractivity contribution in [2.75, 3.05) is 13.6 Å². The van der Waals surface area contributed by atoms with E-state index in [1.165, 1.54) is 10.4 Å². The van der Waals surface area contributed by atoms with Crippen molar-refractivity contribution < 1.29 is 5.11 Å². The number of hydrogen-bond acceptors (Lipinski definition) is 4. The van der Waals surface area contributed by atoms with E-state index in [0.29, 0.717) is 5.75 Å². The van der Waals surface area contributed by atoms with Crippen molar-refractivity contribution in [3.8, 4) is 5.75 Å². The van der Waals surface area contributed by atoms with Crippen LogP contribution >= 0.6 is 11.3 Å². The Hall–Kier alpha value is -1.39. The van der Waals surface area contributed by atoms with E-state index in [-0.39, 0.29) is 0 Å². The maximum Gasteiger partial charge on any atom is 0.115 e. The lowest BCUT2D eigenvalue weighted by Crippen LogP contribution is -2.09. The predicted molar refractivity (Wildman–Crippen MR) is 70.7 cm³/mol. The van der Waals surface area contributed by atoms with Crippen molar-refractivity contribution in [1.29, 1.82) is 0 Å². The lowest BCUT2D eigenvalue weighted by atomic mass is 10.1. The number of nitrogens with one attached hydrogen (secondary N) is 1. The van der Waals surface area contributed by atoms with Crippen LogP contribution in [0.15, 0.2) is 30.5 Å². The smallest absolute Gasteiger partial charge is 0.115 e. The number of phenols is 1. The molecule has 0 bridgehead atoms. The number of thiazole rings is 1. The molecule has 0 saturated carbocycles. The Morgan fingerprint density at radius 3 is 2.76 bits per heavy atom. The first-order chi connectivity index (χ1) is 8.28. The molecule has 90 valence electrons. The van der Waals surface area contributed by atoms with Crippen LogP contribution in [0, 0.1) is 0 Å². The molecule has 0 spiro atoms. The normalized spacial score (nSPS) is 10.6. The van der Waals surface area contributed by atoms with E-state index in [1.807, 2.05) is 25.4 Å². The topological polar surface area (TPSA) is 45.2 Å². The van der Waals surface area contributed by atoms with E-state index in [9.17, 15) is 5.11 Å². The van der Waals surface area contributed by atoms with Gasteiger partial charge in [-0.15, -0.1) is 11.3 Å². The van der Waals surface area contributed by atoms with Crippen molar-refractivity contribution in [2.24, 2.45) is 0 Å². The third kappa shape index (κ3) is 3.54. The van der Waals surface area contributed by atoms with E-state index in [2.05, 4.69) is 10.3 Å². The van der Waals surface area contributed by atoms with Crippen LogP contribution in [-0.2, 0) is 12.8 Å². The van der Waals surface area contributed by atoms with E-state index in [0.717, 1.165) is 24.4 Å². The van der Waals surface area contributed by atoms with Crippen molar-refractivity contribution in [2.45, 2.75) is 12.8 Å². The zero-order valence-corrected chi connectivity index (χ0v) is 10.6. The Balaban J connectivity index is 1.98. The van der Waals surface area contributed by atoms with Gasteiger partial charge in [-0.25, -0.2) is 4.98 Å². The molecule has 0 aliphatic heterocycles. The molecule has 1 aromatic carbocycles. The Kier molecular flexibility index (Phi) is 4.12. The maximum absolute atomic E-state index is 9.20. The van der Waals surface area contributed by atoms with E-state index < -0.39 is 0 Å². The lowest BCUT2D eigenvalue weighted by Gasteiger charge is -1.98. The van der Waals surface area contributed by atoms with Crippen molar-refractivity contribution >= 4 is 11.3 Å². The molecule has 0 aliphatic rings. The minimum Gasteiger partial charge on any atom is -0.508 e. The van der Waals surface area contributed by atoms with Gasteiger partial charge in [-0.05, 0) is 37.7 Å². The van der Waals surface area contributed by atoms with E-state index in [4.69, 9.17) is 0 Å². The fourth-order valence-electron chi connectivity index (χ4n) is 1.58. The summed E-state index contributed by atoms with van der Waals surface area (Å²) in [6.07, 6.45) is 3.83. The number of nitrogens with zero attached hydrogens (tertiary/aromatic N) is 1. The molecule has 0 unspecified atom stereocenters. The second-order valence-electron chi connectivity index (χ2n) is 3.92. The summed E-state index contributed by atoms with van der Waals surface area (Å²) in [7, 11) is 1.96. The van der Waals surface area contributed by atoms with Gasteiger partial charge in [0, 0.05) is 17.5 Å².